The smallest absolute Gasteiger partial charge is 0.256 e. The van der Waals surface area contributed by atoms with Crippen LogP contribution in [-0.2, 0) is 0 Å². The van der Waals surface area contributed by atoms with Crippen LogP contribution in [0.2, 0.25) is 0 Å². The number of hydrogen-bond acceptors (Lipinski definition) is 6. The zero-order valence-electron chi connectivity index (χ0n) is 30.2. The molecule has 9 rings (SSSR count). The lowest BCUT2D eigenvalue weighted by Crippen LogP contribution is -2.05. The molecule has 0 saturated heterocycles. The molecule has 1 N–H and O–H groups in total. The molecule has 0 aliphatic heterocycles. The van der Waals surface area contributed by atoms with Gasteiger partial charge in [0.2, 0.25) is 5.95 Å². The van der Waals surface area contributed by atoms with E-state index in [2.05, 4.69) is 58.2 Å². The van der Waals surface area contributed by atoms with E-state index in [1.54, 1.807) is 14.2 Å². The van der Waals surface area contributed by atoms with E-state index in [9.17, 15) is 0 Å². The van der Waals surface area contributed by atoms with Crippen LogP contribution >= 0.6 is 0 Å². The Hall–Kier alpha value is -7.52. The maximum atomic E-state index is 5.51. The van der Waals surface area contributed by atoms with Gasteiger partial charge in [-0.05, 0) is 48.5 Å². The van der Waals surface area contributed by atoms with Crippen LogP contribution in [0.4, 0.5) is 0 Å². The van der Waals surface area contributed by atoms with E-state index in [0.29, 0.717) is 23.5 Å². The van der Waals surface area contributed by atoms with Crippen LogP contribution in [0.25, 0.3) is 79.7 Å². The number of ether oxygens (including phenoxy) is 2. The Morgan fingerprint density at radius 1 is 0.400 bits per heavy atom. The Bertz CT molecular complexity index is 2500. The Kier molecular flexibility index (Phi) is 8.77. The van der Waals surface area contributed by atoms with Gasteiger partial charge in [-0.2, -0.15) is 4.98 Å². The van der Waals surface area contributed by atoms with Gasteiger partial charge in [-0.25, -0.2) is 15.1 Å². The van der Waals surface area contributed by atoms with E-state index in [4.69, 9.17) is 29.5 Å². The van der Waals surface area contributed by atoms with Gasteiger partial charge in [0, 0.05) is 33.4 Å². The second-order valence-corrected chi connectivity index (χ2v) is 12.8. The minimum Gasteiger partial charge on any atom is -0.497 e. The Morgan fingerprint density at radius 3 is 1.20 bits per heavy atom. The van der Waals surface area contributed by atoms with E-state index in [1.165, 1.54) is 0 Å². The minimum atomic E-state index is 0.420. The van der Waals surface area contributed by atoms with Crippen LogP contribution in [0.3, 0.4) is 0 Å². The molecule has 0 bridgehead atoms. The monoisotopic (exact) mass is 717 g/mol. The lowest BCUT2D eigenvalue weighted by atomic mass is 10.0. The van der Waals surface area contributed by atoms with E-state index in [-0.39, 0.29) is 0 Å². The van der Waals surface area contributed by atoms with Crippen molar-refractivity contribution >= 4 is 0 Å². The fourth-order valence-electron chi connectivity index (χ4n) is 6.87. The second-order valence-electron chi connectivity index (χ2n) is 12.8. The van der Waals surface area contributed by atoms with Crippen molar-refractivity contribution in [3.8, 4) is 91.2 Å². The number of aromatic nitrogens is 7. The van der Waals surface area contributed by atoms with Gasteiger partial charge in [0.15, 0.2) is 0 Å². The number of imidazole rings is 2. The van der Waals surface area contributed by atoms with Gasteiger partial charge in [0.25, 0.3) is 5.95 Å². The topological polar surface area (TPSA) is 95.7 Å². The summed E-state index contributed by atoms with van der Waals surface area (Å²) in [5.74, 6) is 3.79. The van der Waals surface area contributed by atoms with Crippen LogP contribution in [0.15, 0.2) is 170 Å². The van der Waals surface area contributed by atoms with E-state index < -0.39 is 0 Å². The van der Waals surface area contributed by atoms with Gasteiger partial charge in [0.05, 0.1) is 37.0 Å². The fraction of sp³-hybridized carbons (Fsp3) is 0.0435. The van der Waals surface area contributed by atoms with Crippen molar-refractivity contribution in [1.82, 2.24) is 34.3 Å². The quantitative estimate of drug-likeness (QED) is 0.151. The number of nitrogens with one attached hydrogen (secondary N) is 1. The zero-order valence-corrected chi connectivity index (χ0v) is 30.2. The number of nitrogens with zero attached hydrogens (tertiary/aromatic N) is 6. The third-order valence-electron chi connectivity index (χ3n) is 9.51. The van der Waals surface area contributed by atoms with Crippen molar-refractivity contribution in [3.63, 3.8) is 0 Å². The van der Waals surface area contributed by atoms with Gasteiger partial charge < -0.3 is 9.47 Å². The average molecular weight is 718 g/mol. The van der Waals surface area contributed by atoms with Crippen LogP contribution in [0.1, 0.15) is 0 Å². The molecule has 6 aromatic carbocycles. The van der Waals surface area contributed by atoms with Crippen molar-refractivity contribution in [2.24, 2.45) is 0 Å². The highest BCUT2D eigenvalue weighted by Crippen LogP contribution is 2.41. The summed E-state index contributed by atoms with van der Waals surface area (Å²) in [6, 6.07) is 56.7. The number of benzene rings is 6. The summed E-state index contributed by atoms with van der Waals surface area (Å²) in [5.41, 5.74) is 9.01. The third-order valence-corrected chi connectivity index (χ3v) is 9.51. The van der Waals surface area contributed by atoms with E-state index in [1.807, 2.05) is 126 Å². The predicted octanol–water partition coefficient (Wildman–Crippen LogP) is 10.2. The lowest BCUT2D eigenvalue weighted by Gasteiger charge is -2.12. The summed E-state index contributed by atoms with van der Waals surface area (Å²) >= 11 is 0. The Balaban J connectivity index is 1.33. The molecule has 0 aliphatic rings. The average Bonchev–Trinajstić information content (AvgIpc) is 4.01. The SMILES string of the molecule is COc1ccc(-c2nc(-c3ccccc3)c(-c3ccccc3)n2-c2n[nH]c(-n3c(-c4ccc(OC)cc4)nc(-c4ccccc4)c3-c3ccccc3)n2)cc1. The summed E-state index contributed by atoms with van der Waals surface area (Å²) in [5, 5.41) is 8.27. The van der Waals surface area contributed by atoms with Crippen LogP contribution < -0.4 is 9.47 Å². The van der Waals surface area contributed by atoms with Gasteiger partial charge >= 0.3 is 0 Å². The molecule has 9 aromatic rings. The molecule has 0 aliphatic carbocycles. The molecule has 266 valence electrons. The number of rotatable bonds is 10. The normalized spacial score (nSPS) is 11.1. The minimum absolute atomic E-state index is 0.420. The molecule has 0 radical (unpaired) electrons. The van der Waals surface area contributed by atoms with Gasteiger partial charge in [-0.1, -0.05) is 121 Å². The molecule has 3 heterocycles. The fourth-order valence-corrected chi connectivity index (χ4v) is 6.87. The Morgan fingerprint density at radius 2 is 0.782 bits per heavy atom. The Labute approximate surface area is 318 Å². The molecular weight excluding hydrogens is 683 g/mol. The second kappa shape index (κ2) is 14.5. The van der Waals surface area contributed by atoms with Gasteiger partial charge in [-0.3, -0.25) is 9.13 Å². The summed E-state index contributed by atoms with van der Waals surface area (Å²) in [6.45, 7) is 0. The van der Waals surface area contributed by atoms with Crippen molar-refractivity contribution < 1.29 is 9.47 Å². The maximum absolute atomic E-state index is 5.51. The summed E-state index contributed by atoms with van der Waals surface area (Å²) < 4.78 is 15.1. The molecule has 9 nitrogen and oxygen atoms in total. The van der Waals surface area contributed by atoms with Crippen LogP contribution in [0.5, 0.6) is 11.5 Å². The summed E-state index contributed by atoms with van der Waals surface area (Å²) in [7, 11) is 3.32. The molecule has 3 aromatic heterocycles. The van der Waals surface area contributed by atoms with Gasteiger partial charge in [0.1, 0.15) is 23.1 Å². The molecule has 9 heteroatoms. The molecule has 0 unspecified atom stereocenters. The number of H-pyrrole nitrogens is 1. The van der Waals surface area contributed by atoms with Crippen LogP contribution in [0, 0.1) is 0 Å². The largest absolute Gasteiger partial charge is 0.497 e. The number of methoxy groups -OCH3 is 2. The van der Waals surface area contributed by atoms with Crippen LogP contribution in [-0.4, -0.2) is 48.5 Å². The molecule has 55 heavy (non-hydrogen) atoms. The summed E-state index contributed by atoms with van der Waals surface area (Å²) in [6.07, 6.45) is 0. The number of hydrogen-bond donors (Lipinski definition) is 1. The van der Waals surface area contributed by atoms with E-state index >= 15 is 0 Å². The maximum Gasteiger partial charge on any atom is 0.256 e. The highest BCUT2D eigenvalue weighted by molar-refractivity contribution is 5.85. The number of aromatic amines is 1. The highest BCUT2D eigenvalue weighted by atomic mass is 16.5. The zero-order chi connectivity index (χ0) is 37.1. The molecule has 0 fully saturated rings. The van der Waals surface area contributed by atoms with E-state index in [0.717, 1.165) is 67.7 Å². The molecule has 0 amide bonds. The first kappa shape index (κ1) is 33.3. The van der Waals surface area contributed by atoms with Crippen molar-refractivity contribution in [2.45, 2.75) is 0 Å². The third kappa shape index (κ3) is 6.23. The van der Waals surface area contributed by atoms with Crippen molar-refractivity contribution in [2.75, 3.05) is 14.2 Å². The first-order valence-electron chi connectivity index (χ1n) is 17.9. The highest BCUT2D eigenvalue weighted by Gasteiger charge is 2.28. The molecular formula is C46H35N7O2. The first-order chi connectivity index (χ1) is 27.2. The summed E-state index contributed by atoms with van der Waals surface area (Å²) in [4.78, 5) is 16.0. The van der Waals surface area contributed by atoms with Crippen molar-refractivity contribution in [1.29, 1.82) is 0 Å². The lowest BCUT2D eigenvalue weighted by molar-refractivity contribution is 0.414. The first-order valence-corrected chi connectivity index (χ1v) is 17.9. The van der Waals surface area contributed by atoms with Gasteiger partial charge in [-0.15, -0.1) is 5.10 Å². The molecule has 0 spiro atoms. The van der Waals surface area contributed by atoms with Crippen molar-refractivity contribution in [3.05, 3.63) is 170 Å². The standard InChI is InChI=1S/C46H35N7O2/c1-54-37-27-23-35(24-28-37)43-47-39(31-15-7-3-8-16-31)41(33-19-11-5-12-20-33)52(43)45-49-46(51-50-45)53-42(34-21-13-6-14-22-34)40(32-17-9-4-10-18-32)48-44(53)36-25-29-38(55-2)30-26-36/h3-30H,1-2H3,(H,49,50,51). The molecule has 0 saturated carbocycles. The predicted molar refractivity (Wildman–Crippen MR) is 216 cm³/mol. The molecule has 0 atom stereocenters.